The Balaban J connectivity index is 1.44. The van der Waals surface area contributed by atoms with E-state index < -0.39 is 0 Å². The van der Waals surface area contributed by atoms with Gasteiger partial charge in [-0.3, -0.25) is 0 Å². The molecule has 2 heterocycles. The Morgan fingerprint density at radius 3 is 2.00 bits per heavy atom. The molecule has 6 aromatic carbocycles. The van der Waals surface area contributed by atoms with Gasteiger partial charge >= 0.3 is 0 Å². The lowest BCUT2D eigenvalue weighted by Crippen LogP contribution is -1.95. The van der Waals surface area contributed by atoms with Gasteiger partial charge in [0.2, 0.25) is 0 Å². The number of para-hydroxylation sites is 2. The van der Waals surface area contributed by atoms with Crippen molar-refractivity contribution in [2.75, 3.05) is 0 Å². The molecule has 0 saturated carbocycles. The van der Waals surface area contributed by atoms with E-state index in [0.717, 1.165) is 0 Å². The SMILES string of the molecule is c1ccc(-c2cccc(-n3c4ccccc4c4ccc5cc6c(ccn6-c6ccccc6)cc5c43)c2)cc1. The van der Waals surface area contributed by atoms with Crippen molar-refractivity contribution in [3.8, 4) is 22.5 Å². The molecule has 0 aliphatic carbocycles. The highest BCUT2D eigenvalue weighted by Crippen LogP contribution is 2.39. The fourth-order valence-electron chi connectivity index (χ4n) is 5.95. The molecule has 0 atom stereocenters. The van der Waals surface area contributed by atoms with Gasteiger partial charge in [-0.1, -0.05) is 91.0 Å². The normalized spacial score (nSPS) is 11.7. The van der Waals surface area contributed by atoms with Crippen LogP contribution in [0.2, 0.25) is 0 Å². The maximum absolute atomic E-state index is 2.44. The van der Waals surface area contributed by atoms with Crippen LogP contribution in [0.3, 0.4) is 0 Å². The lowest BCUT2D eigenvalue weighted by Gasteiger charge is -2.12. The van der Waals surface area contributed by atoms with Crippen molar-refractivity contribution in [1.82, 2.24) is 9.13 Å². The minimum absolute atomic E-state index is 1.17. The monoisotopic (exact) mass is 484 g/mol. The molecule has 2 aromatic heterocycles. The molecule has 0 spiro atoms. The zero-order chi connectivity index (χ0) is 25.1. The number of hydrogen-bond donors (Lipinski definition) is 0. The standard InChI is InChI=1S/C36H24N2/c1-3-10-25(11-4-1)26-12-9-15-30(22-26)38-34-17-8-7-16-31(34)32-19-18-27-24-35-28(23-33(27)36(32)38)20-21-37(35)29-13-5-2-6-14-29/h1-24H. The predicted molar refractivity (Wildman–Crippen MR) is 161 cm³/mol. The van der Waals surface area contributed by atoms with Gasteiger partial charge in [0.25, 0.3) is 0 Å². The summed E-state index contributed by atoms with van der Waals surface area (Å²) in [7, 11) is 0. The van der Waals surface area contributed by atoms with Gasteiger partial charge in [-0.15, -0.1) is 0 Å². The Morgan fingerprint density at radius 1 is 0.395 bits per heavy atom. The van der Waals surface area contributed by atoms with E-state index in [1.54, 1.807) is 0 Å². The minimum atomic E-state index is 1.17. The third kappa shape index (κ3) is 3.14. The molecule has 0 bridgehead atoms. The number of rotatable bonds is 3. The van der Waals surface area contributed by atoms with Crippen LogP contribution < -0.4 is 0 Å². The summed E-state index contributed by atoms with van der Waals surface area (Å²) in [4.78, 5) is 0. The average Bonchev–Trinajstić information content (AvgIpc) is 3.56. The highest BCUT2D eigenvalue weighted by molar-refractivity contribution is 6.20. The molecule has 0 unspecified atom stereocenters. The molecule has 0 radical (unpaired) electrons. The van der Waals surface area contributed by atoms with E-state index >= 15 is 0 Å². The number of nitrogens with zero attached hydrogens (tertiary/aromatic N) is 2. The van der Waals surface area contributed by atoms with Crippen LogP contribution in [0.4, 0.5) is 0 Å². The summed E-state index contributed by atoms with van der Waals surface area (Å²) in [5.41, 5.74) is 8.49. The number of benzene rings is 6. The van der Waals surface area contributed by atoms with Gasteiger partial charge in [-0.05, 0) is 65.0 Å². The van der Waals surface area contributed by atoms with Crippen LogP contribution in [0.25, 0.3) is 66.0 Å². The lowest BCUT2D eigenvalue weighted by molar-refractivity contribution is 1.13. The van der Waals surface area contributed by atoms with Crippen LogP contribution in [-0.2, 0) is 0 Å². The zero-order valence-corrected chi connectivity index (χ0v) is 20.8. The van der Waals surface area contributed by atoms with E-state index in [2.05, 4.69) is 155 Å². The molecule has 0 N–H and O–H groups in total. The average molecular weight is 485 g/mol. The first-order chi connectivity index (χ1) is 18.8. The third-order valence-corrected chi connectivity index (χ3v) is 7.71. The Morgan fingerprint density at radius 2 is 1.13 bits per heavy atom. The van der Waals surface area contributed by atoms with Crippen LogP contribution in [-0.4, -0.2) is 9.13 Å². The van der Waals surface area contributed by atoms with Crippen molar-refractivity contribution < 1.29 is 0 Å². The fourth-order valence-corrected chi connectivity index (χ4v) is 5.95. The van der Waals surface area contributed by atoms with Gasteiger partial charge in [-0.2, -0.15) is 0 Å². The topological polar surface area (TPSA) is 9.86 Å². The molecule has 0 saturated heterocycles. The summed E-state index contributed by atoms with van der Waals surface area (Å²) in [5, 5.41) is 6.30. The van der Waals surface area contributed by atoms with E-state index in [9.17, 15) is 0 Å². The first kappa shape index (κ1) is 21.0. The second-order valence-corrected chi connectivity index (χ2v) is 9.88. The first-order valence-corrected chi connectivity index (χ1v) is 13.0. The van der Waals surface area contributed by atoms with Crippen molar-refractivity contribution in [2.45, 2.75) is 0 Å². The van der Waals surface area contributed by atoms with Crippen LogP contribution in [0.1, 0.15) is 0 Å². The van der Waals surface area contributed by atoms with Crippen molar-refractivity contribution in [1.29, 1.82) is 0 Å². The van der Waals surface area contributed by atoms with Gasteiger partial charge in [0.15, 0.2) is 0 Å². The largest absolute Gasteiger partial charge is 0.317 e. The molecule has 2 heteroatoms. The van der Waals surface area contributed by atoms with Crippen LogP contribution in [0.5, 0.6) is 0 Å². The molecule has 8 aromatic rings. The van der Waals surface area contributed by atoms with Crippen molar-refractivity contribution >= 4 is 43.5 Å². The van der Waals surface area contributed by atoms with Crippen LogP contribution in [0, 0.1) is 0 Å². The van der Waals surface area contributed by atoms with Crippen LogP contribution in [0.15, 0.2) is 146 Å². The van der Waals surface area contributed by atoms with Crippen molar-refractivity contribution in [2.24, 2.45) is 0 Å². The highest BCUT2D eigenvalue weighted by atomic mass is 15.0. The summed E-state index contributed by atoms with van der Waals surface area (Å²) in [6.45, 7) is 0. The molecule has 0 aliphatic heterocycles. The van der Waals surface area contributed by atoms with E-state index in [0.29, 0.717) is 0 Å². The van der Waals surface area contributed by atoms with Crippen LogP contribution >= 0.6 is 0 Å². The van der Waals surface area contributed by atoms with Gasteiger partial charge in [-0.25, -0.2) is 0 Å². The van der Waals surface area contributed by atoms with Gasteiger partial charge in [0.05, 0.1) is 16.6 Å². The summed E-state index contributed by atoms with van der Waals surface area (Å²) in [5.74, 6) is 0. The molecule has 8 rings (SSSR count). The molecule has 0 fully saturated rings. The third-order valence-electron chi connectivity index (χ3n) is 7.71. The highest BCUT2D eigenvalue weighted by Gasteiger charge is 2.16. The molecule has 2 nitrogen and oxygen atoms in total. The lowest BCUT2D eigenvalue weighted by atomic mass is 10.0. The molecule has 38 heavy (non-hydrogen) atoms. The quantitative estimate of drug-likeness (QED) is 0.236. The predicted octanol–water partition coefficient (Wildman–Crippen LogP) is 9.55. The van der Waals surface area contributed by atoms with Gasteiger partial charge < -0.3 is 9.13 Å². The summed E-state index contributed by atoms with van der Waals surface area (Å²) >= 11 is 0. The van der Waals surface area contributed by atoms with E-state index in [1.165, 1.54) is 66.0 Å². The molecule has 0 amide bonds. The maximum atomic E-state index is 2.44. The first-order valence-electron chi connectivity index (χ1n) is 13.0. The summed E-state index contributed by atoms with van der Waals surface area (Å²) in [6.07, 6.45) is 2.18. The Kier molecular flexibility index (Phi) is 4.55. The van der Waals surface area contributed by atoms with Gasteiger partial charge in [0, 0.05) is 39.1 Å². The number of aromatic nitrogens is 2. The summed E-state index contributed by atoms with van der Waals surface area (Å²) < 4.78 is 4.72. The Labute approximate surface area is 220 Å². The maximum Gasteiger partial charge on any atom is 0.0619 e. The number of hydrogen-bond acceptors (Lipinski definition) is 0. The van der Waals surface area contributed by atoms with Gasteiger partial charge in [0.1, 0.15) is 0 Å². The number of fused-ring (bicyclic) bond motifs is 6. The second-order valence-electron chi connectivity index (χ2n) is 9.88. The smallest absolute Gasteiger partial charge is 0.0619 e. The molecular weight excluding hydrogens is 460 g/mol. The van der Waals surface area contributed by atoms with E-state index in [-0.39, 0.29) is 0 Å². The Bertz CT molecular complexity index is 2110. The minimum Gasteiger partial charge on any atom is -0.317 e. The fraction of sp³-hybridized carbons (Fsp3) is 0. The zero-order valence-electron chi connectivity index (χ0n) is 20.8. The van der Waals surface area contributed by atoms with E-state index in [1.807, 2.05) is 0 Å². The molecule has 0 aliphatic rings. The van der Waals surface area contributed by atoms with E-state index in [4.69, 9.17) is 0 Å². The second kappa shape index (κ2) is 8.22. The molecule has 178 valence electrons. The summed E-state index contributed by atoms with van der Waals surface area (Å²) in [6, 6.07) is 50.3. The van der Waals surface area contributed by atoms with Crippen molar-refractivity contribution in [3.63, 3.8) is 0 Å². The Hall–Kier alpha value is -5.08. The molecular formula is C36H24N2. The van der Waals surface area contributed by atoms with Crippen molar-refractivity contribution in [3.05, 3.63) is 146 Å².